The van der Waals surface area contributed by atoms with Crippen molar-refractivity contribution in [3.8, 4) is 0 Å². The average Bonchev–Trinajstić information content (AvgIpc) is 1.61. The fourth-order valence-electron chi connectivity index (χ4n) is 0.0713. The zero-order chi connectivity index (χ0) is 6.57. The van der Waals surface area contributed by atoms with Gasteiger partial charge >= 0.3 is 129 Å². The van der Waals surface area contributed by atoms with Gasteiger partial charge in [0.1, 0.15) is 0 Å². The first-order valence-corrected chi connectivity index (χ1v) is 1.43. The summed E-state index contributed by atoms with van der Waals surface area (Å²) in [4.78, 5) is 24.8. The molecule has 0 aromatic heterocycles. The average molecular weight is 295 g/mol. The summed E-state index contributed by atoms with van der Waals surface area (Å²) in [5.41, 5.74) is 0. The van der Waals surface area contributed by atoms with Crippen molar-refractivity contribution >= 4 is 12.3 Å². The Labute approximate surface area is 157 Å². The van der Waals surface area contributed by atoms with Gasteiger partial charge < -0.3 is 13.1 Å². The van der Waals surface area contributed by atoms with E-state index in [9.17, 15) is 9.59 Å². The van der Waals surface area contributed by atoms with Gasteiger partial charge in [0.15, 0.2) is 0 Å². The maximum absolute atomic E-state index is 9.29. The van der Waals surface area contributed by atoms with Crippen LogP contribution in [0.1, 0.15) is 2.85 Å². The zero-order valence-electron chi connectivity index (χ0n) is 7.53. The smallest absolute Gasteiger partial charge is 1.00 e. The molecule has 0 saturated heterocycles. The van der Waals surface area contributed by atoms with E-state index in [-0.39, 0.29) is 119 Å². The Morgan fingerprint density at radius 3 is 1.30 bits per heavy atom. The van der Waals surface area contributed by atoms with Crippen LogP contribution in [-0.4, -0.2) is 22.5 Å². The number of carboxylic acid groups (broad SMARTS) is 2. The molecule has 8 heteroatoms. The van der Waals surface area contributed by atoms with Crippen LogP contribution in [0.4, 0.5) is 9.59 Å². The molecule has 0 amide bonds. The Morgan fingerprint density at radius 1 is 1.00 bits per heavy atom. The molecule has 0 aromatic rings. The number of rotatable bonds is 0. The molecule has 0 bridgehead atoms. The van der Waals surface area contributed by atoms with Gasteiger partial charge in [0.25, 0.3) is 0 Å². The summed E-state index contributed by atoms with van der Waals surface area (Å²) in [6, 6.07) is 0. The Balaban J connectivity index is -0.0000000408. The van der Waals surface area contributed by atoms with Gasteiger partial charge in [0.05, 0.1) is 0 Å². The molecule has 0 aliphatic heterocycles. The van der Waals surface area contributed by atoms with Crippen LogP contribution in [0.2, 0.25) is 0 Å². The molecule has 2 N–H and O–H groups in total. The van der Waals surface area contributed by atoms with Gasteiger partial charge in [-0.1, -0.05) is 0 Å². The first kappa shape index (κ1) is 18.0. The Hall–Kier alpha value is 2.15. The fraction of sp³-hybridized carbons (Fsp3) is 0. The van der Waals surface area contributed by atoms with Gasteiger partial charge in [-0.2, -0.15) is 0 Å². The van der Waals surface area contributed by atoms with Crippen LogP contribution in [0.15, 0.2) is 0 Å². The molecule has 0 spiro atoms. The minimum atomic E-state index is -1.80. The molecule has 0 unspecified atom stereocenters. The van der Waals surface area contributed by atoms with Crippen LogP contribution < -0.4 is 116 Å². The zero-order valence-corrected chi connectivity index (χ0v) is 15.4. The molecule has 0 radical (unpaired) electrons. The number of hydrogen-bond acceptors (Lipinski definition) is 4. The van der Waals surface area contributed by atoms with Crippen molar-refractivity contribution in [1.82, 2.24) is 0 Å². The Kier molecular flexibility index (Phi) is 20.1. The first-order chi connectivity index (χ1) is 3.63. The van der Waals surface area contributed by atoms with E-state index in [0.717, 1.165) is 0 Å². The van der Waals surface area contributed by atoms with E-state index in [2.05, 4.69) is 9.78 Å². The third-order valence-corrected chi connectivity index (χ3v) is 0.184. The predicted octanol–water partition coefficient (Wildman–Crippen LogP) is -5.48. The van der Waals surface area contributed by atoms with E-state index in [1.54, 1.807) is 0 Å². The quantitative estimate of drug-likeness (QED) is 0.342. The van der Waals surface area contributed by atoms with Crippen molar-refractivity contribution in [2.75, 3.05) is 0 Å². The van der Waals surface area contributed by atoms with Crippen LogP contribution >= 0.6 is 0 Å². The molecular weight excluding hydrogens is 291 g/mol. The molecule has 0 rings (SSSR count). The van der Waals surface area contributed by atoms with Crippen molar-refractivity contribution in [2.24, 2.45) is 0 Å². The summed E-state index contributed by atoms with van der Waals surface area (Å²) < 4.78 is 0. The van der Waals surface area contributed by atoms with Crippen LogP contribution in [0, 0.1) is 0 Å². The molecule has 0 heterocycles. The van der Waals surface area contributed by atoms with Gasteiger partial charge in [0, 0.05) is 0 Å². The van der Waals surface area contributed by atoms with E-state index in [4.69, 9.17) is 10.2 Å². The molecule has 10 heavy (non-hydrogen) atoms. The van der Waals surface area contributed by atoms with E-state index >= 15 is 0 Å². The summed E-state index contributed by atoms with van der Waals surface area (Å²) in [5, 5.41) is 15.1. The van der Waals surface area contributed by atoms with Crippen LogP contribution in [-0.2, 0) is 9.78 Å². The van der Waals surface area contributed by atoms with Gasteiger partial charge in [-0.15, -0.1) is 0 Å². The maximum atomic E-state index is 9.29. The molecule has 0 fully saturated rings. The second-order valence-corrected chi connectivity index (χ2v) is 0.698. The normalized spacial score (nSPS) is 6.00. The Bertz CT molecular complexity index is 106. The fourth-order valence-corrected chi connectivity index (χ4v) is 0.0713. The summed E-state index contributed by atoms with van der Waals surface area (Å²) in [6.07, 6.45) is -3.60. The third-order valence-electron chi connectivity index (χ3n) is 0.184. The number of carbonyl (C=O) groups is 2. The molecule has 0 aromatic carbocycles. The third kappa shape index (κ3) is 16.6. The molecule has 50 valence electrons. The van der Waals surface area contributed by atoms with Crippen LogP contribution in [0.5, 0.6) is 0 Å². The SMILES string of the molecule is O=C(O)OOC(=O)O.[H-].[H-].[Rb+].[Rb+]. The molecular formula is C2H4O6Rb2. The minimum Gasteiger partial charge on any atom is -1.00 e. The van der Waals surface area contributed by atoms with Crippen LogP contribution in [0.25, 0.3) is 0 Å². The van der Waals surface area contributed by atoms with Gasteiger partial charge in [-0.3, -0.25) is 0 Å². The van der Waals surface area contributed by atoms with Crippen molar-refractivity contribution in [3.63, 3.8) is 0 Å². The second kappa shape index (κ2) is 11.2. The minimum absolute atomic E-state index is 0. The second-order valence-electron chi connectivity index (χ2n) is 0.698. The molecule has 0 aliphatic rings. The van der Waals surface area contributed by atoms with Gasteiger partial charge in [-0.05, 0) is 0 Å². The summed E-state index contributed by atoms with van der Waals surface area (Å²) >= 11 is 0. The monoisotopic (exact) mass is 294 g/mol. The van der Waals surface area contributed by atoms with Gasteiger partial charge in [-0.25, -0.2) is 19.4 Å². The molecule has 0 aliphatic carbocycles. The Morgan fingerprint density at radius 2 is 1.20 bits per heavy atom. The topological polar surface area (TPSA) is 93.1 Å². The summed E-state index contributed by atoms with van der Waals surface area (Å²) in [6.45, 7) is 0. The van der Waals surface area contributed by atoms with E-state index < -0.39 is 12.3 Å². The first-order valence-electron chi connectivity index (χ1n) is 1.43. The largest absolute Gasteiger partial charge is 1.00 e. The summed E-state index contributed by atoms with van der Waals surface area (Å²) in [7, 11) is 0. The van der Waals surface area contributed by atoms with Crippen molar-refractivity contribution in [2.45, 2.75) is 0 Å². The van der Waals surface area contributed by atoms with Crippen LogP contribution in [0.3, 0.4) is 0 Å². The molecule has 6 nitrogen and oxygen atoms in total. The van der Waals surface area contributed by atoms with E-state index in [0.29, 0.717) is 0 Å². The number of hydrogen-bond donors (Lipinski definition) is 2. The van der Waals surface area contributed by atoms with Gasteiger partial charge in [0.2, 0.25) is 0 Å². The van der Waals surface area contributed by atoms with E-state index in [1.807, 2.05) is 0 Å². The molecule has 0 atom stereocenters. The van der Waals surface area contributed by atoms with Crippen molar-refractivity contribution in [3.05, 3.63) is 0 Å². The maximum Gasteiger partial charge on any atom is 1.00 e. The van der Waals surface area contributed by atoms with Crippen molar-refractivity contribution in [1.29, 1.82) is 0 Å². The summed E-state index contributed by atoms with van der Waals surface area (Å²) in [5.74, 6) is 0. The standard InChI is InChI=1S/C2H2O6.2Rb.2H/c3-1(4)7-8-2(5)6;;;;/h(H,3,4)(H,5,6);;;;/q;2*+1;2*-1. The van der Waals surface area contributed by atoms with E-state index in [1.165, 1.54) is 0 Å². The van der Waals surface area contributed by atoms with Crippen molar-refractivity contribution < 1.29 is 149 Å². The predicted molar refractivity (Wildman–Crippen MR) is 20.4 cm³/mol. The molecule has 0 saturated carbocycles.